The minimum atomic E-state index is -0.930. The van der Waals surface area contributed by atoms with Crippen LogP contribution in [0.4, 0.5) is 0 Å². The van der Waals surface area contributed by atoms with Crippen molar-refractivity contribution in [3.8, 4) is 0 Å². The number of hydrogen-bond donors (Lipinski definition) is 2. The average Bonchev–Trinajstić information content (AvgIpc) is 2.79. The van der Waals surface area contributed by atoms with Gasteiger partial charge in [-0.05, 0) is 72.6 Å². The number of carbonyl (C=O) groups is 5. The molecule has 0 aliphatic rings. The third-order valence-electron chi connectivity index (χ3n) is 5.40. The van der Waals surface area contributed by atoms with E-state index in [1.54, 1.807) is 41.5 Å². The van der Waals surface area contributed by atoms with Gasteiger partial charge in [0, 0.05) is 13.0 Å². The van der Waals surface area contributed by atoms with E-state index in [2.05, 4.69) is 0 Å². The lowest BCUT2D eigenvalue weighted by atomic mass is 9.92. The van der Waals surface area contributed by atoms with Crippen molar-refractivity contribution >= 4 is 29.8 Å². The Kier molecular flexibility index (Phi) is 20.0. The van der Waals surface area contributed by atoms with Crippen LogP contribution in [0.25, 0.3) is 0 Å². The summed E-state index contributed by atoms with van der Waals surface area (Å²) < 4.78 is 20.6. The molecule has 41 heavy (non-hydrogen) atoms. The number of ether oxygens (including phenoxy) is 4. The Morgan fingerprint density at radius 1 is 0.634 bits per heavy atom. The Hall–Kier alpha value is -2.69. The van der Waals surface area contributed by atoms with E-state index in [-0.39, 0.29) is 69.3 Å². The molecular formula is C30H54O11. The highest BCUT2D eigenvalue weighted by Gasteiger charge is 2.30. The number of esters is 4. The maximum absolute atomic E-state index is 12.0. The summed E-state index contributed by atoms with van der Waals surface area (Å²) in [6, 6.07) is 0. The van der Waals surface area contributed by atoms with E-state index in [4.69, 9.17) is 29.2 Å². The third-order valence-corrected chi connectivity index (χ3v) is 5.40. The second kappa shape index (κ2) is 20.2. The SMILES string of the molecule is CC(C)[C@H](CC(=O)OC(C)(C)C)C(=O)OCCCC(=O)O.CC(C)[C@H](CC(=O)OC(C)(C)C)C(=O)OCCCCO. The van der Waals surface area contributed by atoms with E-state index in [0.29, 0.717) is 12.8 Å². The lowest BCUT2D eigenvalue weighted by Gasteiger charge is -2.23. The first kappa shape index (κ1) is 40.4. The Bertz CT molecular complexity index is 804. The van der Waals surface area contributed by atoms with E-state index in [9.17, 15) is 24.0 Å². The van der Waals surface area contributed by atoms with Crippen molar-refractivity contribution in [1.82, 2.24) is 0 Å². The molecule has 0 unspecified atom stereocenters. The van der Waals surface area contributed by atoms with Gasteiger partial charge in [0.1, 0.15) is 11.2 Å². The maximum atomic E-state index is 12.0. The van der Waals surface area contributed by atoms with Gasteiger partial charge in [-0.1, -0.05) is 27.7 Å². The van der Waals surface area contributed by atoms with Crippen molar-refractivity contribution in [3.63, 3.8) is 0 Å². The topological polar surface area (TPSA) is 163 Å². The first-order chi connectivity index (χ1) is 18.7. The predicted molar refractivity (Wildman–Crippen MR) is 153 cm³/mol. The molecule has 240 valence electrons. The lowest BCUT2D eigenvalue weighted by molar-refractivity contribution is -0.163. The Morgan fingerprint density at radius 2 is 1.00 bits per heavy atom. The number of carbonyl (C=O) groups excluding carboxylic acids is 4. The van der Waals surface area contributed by atoms with Crippen molar-refractivity contribution in [1.29, 1.82) is 0 Å². The number of carboxylic acid groups (broad SMARTS) is 1. The average molecular weight is 591 g/mol. The summed E-state index contributed by atoms with van der Waals surface area (Å²) in [7, 11) is 0. The number of unbranched alkanes of at least 4 members (excludes halogenated alkanes) is 1. The summed E-state index contributed by atoms with van der Waals surface area (Å²) in [6.07, 6.45) is 1.44. The maximum Gasteiger partial charge on any atom is 0.309 e. The molecule has 0 aliphatic carbocycles. The van der Waals surface area contributed by atoms with E-state index >= 15 is 0 Å². The first-order valence-corrected chi connectivity index (χ1v) is 14.3. The zero-order chi connectivity index (χ0) is 32.4. The fourth-order valence-corrected chi connectivity index (χ4v) is 3.30. The fraction of sp³-hybridized carbons (Fsp3) is 0.833. The Labute approximate surface area is 245 Å². The van der Waals surface area contributed by atoms with Crippen LogP contribution in [0.2, 0.25) is 0 Å². The first-order valence-electron chi connectivity index (χ1n) is 14.3. The van der Waals surface area contributed by atoms with E-state index < -0.39 is 40.9 Å². The molecular weight excluding hydrogens is 536 g/mol. The van der Waals surface area contributed by atoms with Crippen LogP contribution in [0, 0.1) is 23.7 Å². The third kappa shape index (κ3) is 23.7. The molecule has 0 amide bonds. The molecule has 0 aromatic carbocycles. The number of aliphatic hydroxyl groups excluding tert-OH is 1. The molecule has 0 fully saturated rings. The van der Waals surface area contributed by atoms with Crippen LogP contribution in [0.15, 0.2) is 0 Å². The van der Waals surface area contributed by atoms with Gasteiger partial charge in [0.25, 0.3) is 0 Å². The van der Waals surface area contributed by atoms with Gasteiger partial charge in [-0.2, -0.15) is 0 Å². The Balaban J connectivity index is 0. The molecule has 0 aromatic heterocycles. The molecule has 0 radical (unpaired) electrons. The van der Waals surface area contributed by atoms with Crippen molar-refractivity contribution in [2.24, 2.45) is 23.7 Å². The molecule has 2 atom stereocenters. The zero-order valence-electron chi connectivity index (χ0n) is 26.7. The van der Waals surface area contributed by atoms with Crippen LogP contribution in [0.5, 0.6) is 0 Å². The summed E-state index contributed by atoms with van der Waals surface area (Å²) >= 11 is 0. The van der Waals surface area contributed by atoms with Gasteiger partial charge in [0.15, 0.2) is 0 Å². The van der Waals surface area contributed by atoms with Crippen molar-refractivity contribution in [3.05, 3.63) is 0 Å². The van der Waals surface area contributed by atoms with Gasteiger partial charge < -0.3 is 29.2 Å². The largest absolute Gasteiger partial charge is 0.481 e. The standard InChI is InChI=1S/C15H26O6.C15H28O5/c1-10(2)11(9-13(18)21-15(3,4)5)14(19)20-8-6-7-12(16)17;1-11(2)12(10-13(17)20-15(3,4)5)14(18)19-9-7-6-8-16/h10-11H,6-9H2,1-5H3,(H,16,17);11-12,16H,6-10H2,1-5H3/t11-;12-/m00/s1. The smallest absolute Gasteiger partial charge is 0.309 e. The second-order valence-electron chi connectivity index (χ2n) is 12.5. The number of carboxylic acids is 1. The van der Waals surface area contributed by atoms with E-state index in [1.165, 1.54) is 0 Å². The van der Waals surface area contributed by atoms with Crippen LogP contribution < -0.4 is 0 Å². The van der Waals surface area contributed by atoms with Gasteiger partial charge in [-0.25, -0.2) is 0 Å². The van der Waals surface area contributed by atoms with E-state index in [1.807, 2.05) is 27.7 Å². The lowest BCUT2D eigenvalue weighted by Crippen LogP contribution is -2.30. The number of rotatable bonds is 16. The second-order valence-corrected chi connectivity index (χ2v) is 12.5. The Morgan fingerprint density at radius 3 is 1.29 bits per heavy atom. The van der Waals surface area contributed by atoms with Gasteiger partial charge in [-0.15, -0.1) is 0 Å². The normalized spacial score (nSPS) is 13.0. The molecule has 11 nitrogen and oxygen atoms in total. The minimum absolute atomic E-state index is 0.00728. The van der Waals surface area contributed by atoms with Crippen LogP contribution in [-0.2, 0) is 42.9 Å². The number of hydrogen-bond acceptors (Lipinski definition) is 10. The molecule has 0 bridgehead atoms. The molecule has 0 saturated carbocycles. The van der Waals surface area contributed by atoms with Crippen molar-refractivity contribution < 1.29 is 53.1 Å². The summed E-state index contributed by atoms with van der Waals surface area (Å²) in [5.74, 6) is -3.74. The van der Waals surface area contributed by atoms with Crippen LogP contribution >= 0.6 is 0 Å². The van der Waals surface area contributed by atoms with Gasteiger partial charge in [0.05, 0.1) is 37.9 Å². The highest BCUT2D eigenvalue weighted by atomic mass is 16.6. The van der Waals surface area contributed by atoms with Gasteiger partial charge in [0.2, 0.25) is 0 Å². The summed E-state index contributed by atoms with van der Waals surface area (Å²) in [5.41, 5.74) is -1.15. The van der Waals surface area contributed by atoms with Crippen LogP contribution in [-0.4, -0.2) is 71.1 Å². The molecule has 0 rings (SSSR count). The molecule has 0 spiro atoms. The van der Waals surface area contributed by atoms with Gasteiger partial charge >= 0.3 is 29.8 Å². The quantitative estimate of drug-likeness (QED) is 0.145. The predicted octanol–water partition coefficient (Wildman–Crippen LogP) is 4.70. The van der Waals surface area contributed by atoms with Crippen LogP contribution in [0.1, 0.15) is 108 Å². The molecule has 11 heteroatoms. The molecule has 0 aliphatic heterocycles. The number of aliphatic hydroxyl groups is 1. The molecule has 2 N–H and O–H groups in total. The monoisotopic (exact) mass is 590 g/mol. The van der Waals surface area contributed by atoms with Gasteiger partial charge in [-0.3, -0.25) is 24.0 Å². The zero-order valence-corrected chi connectivity index (χ0v) is 26.7. The fourth-order valence-electron chi connectivity index (χ4n) is 3.30. The van der Waals surface area contributed by atoms with Crippen molar-refractivity contribution in [2.45, 2.75) is 119 Å². The summed E-state index contributed by atoms with van der Waals surface area (Å²) in [5, 5.41) is 17.2. The minimum Gasteiger partial charge on any atom is -0.481 e. The molecule has 0 heterocycles. The molecule has 0 aromatic rings. The van der Waals surface area contributed by atoms with Crippen LogP contribution in [0.3, 0.4) is 0 Å². The highest BCUT2D eigenvalue weighted by Crippen LogP contribution is 2.21. The number of aliphatic carboxylic acids is 1. The van der Waals surface area contributed by atoms with Crippen molar-refractivity contribution in [2.75, 3.05) is 19.8 Å². The summed E-state index contributed by atoms with van der Waals surface area (Å²) in [4.78, 5) is 57.9. The highest BCUT2D eigenvalue weighted by molar-refractivity contribution is 5.81. The van der Waals surface area contributed by atoms with E-state index in [0.717, 1.165) is 0 Å². The molecule has 0 saturated heterocycles. The summed E-state index contributed by atoms with van der Waals surface area (Å²) in [6.45, 7) is 18.5.